The van der Waals surface area contributed by atoms with E-state index in [1.165, 1.54) is 13.8 Å². The Morgan fingerprint density at radius 3 is 1.09 bits per heavy atom. The van der Waals surface area contributed by atoms with Gasteiger partial charge < -0.3 is 22.5 Å². The molecule has 0 aliphatic rings. The summed E-state index contributed by atoms with van der Waals surface area (Å²) < 4.78 is 59.5. The van der Waals surface area contributed by atoms with Gasteiger partial charge in [-0.3, -0.25) is 28.5 Å². The quantitative estimate of drug-likeness (QED) is 0.0997. The molecular weight excluding hydrogens is 492 g/mol. The summed E-state index contributed by atoms with van der Waals surface area (Å²) in [6.07, 6.45) is -2.19. The van der Waals surface area contributed by atoms with E-state index in [0.717, 1.165) is 0 Å². The Morgan fingerprint density at radius 1 is 0.688 bits per heavy atom. The Kier molecular flexibility index (Phi) is 19.8. The van der Waals surface area contributed by atoms with Gasteiger partial charge in [-0.2, -0.15) is 26.6 Å². The topological polar surface area (TPSA) is 324 Å². The van der Waals surface area contributed by atoms with E-state index in [1.54, 1.807) is 0 Å². The standard InChI is InChI=1S/2C6H10O8S.2H3N/c2*1-2-13-14-6(9)4(3-5(7)8)15(10,11)12;;/h2*4H,2-3H2,1H3,(H,7,8)(H,10,11,12);2*1H3. The van der Waals surface area contributed by atoms with Gasteiger partial charge in [-0.1, -0.05) is 0 Å². The molecule has 0 radical (unpaired) electrons. The van der Waals surface area contributed by atoms with Gasteiger partial charge in [-0.25, -0.2) is 9.59 Å². The van der Waals surface area contributed by atoms with Crippen LogP contribution in [0.1, 0.15) is 26.7 Å². The zero-order chi connectivity index (χ0) is 24.1. The SMILES string of the molecule is CCOOC(=O)C(CC(=O)O)S(=O)(=O)O.CCOOC(=O)C(CC(=O)O)S(=O)(=O)O.N.N. The zero-order valence-electron chi connectivity index (χ0n) is 16.9. The van der Waals surface area contributed by atoms with E-state index in [9.17, 15) is 36.0 Å². The molecule has 0 saturated heterocycles. The number of carbonyl (C=O) groups is 4. The first-order valence-electron chi connectivity index (χ1n) is 7.60. The van der Waals surface area contributed by atoms with Crippen molar-refractivity contribution in [1.82, 2.24) is 12.3 Å². The molecule has 0 aromatic rings. The van der Waals surface area contributed by atoms with Crippen LogP contribution in [0.25, 0.3) is 0 Å². The summed E-state index contributed by atoms with van der Waals surface area (Å²) in [7, 11) is -9.65. The highest BCUT2D eigenvalue weighted by Crippen LogP contribution is 2.08. The highest BCUT2D eigenvalue weighted by molar-refractivity contribution is 7.87. The van der Waals surface area contributed by atoms with Gasteiger partial charge in [0.2, 0.25) is 0 Å². The molecule has 0 bridgehead atoms. The van der Waals surface area contributed by atoms with Crippen molar-refractivity contribution in [2.24, 2.45) is 0 Å². The van der Waals surface area contributed by atoms with Crippen LogP contribution in [-0.4, -0.2) is 83.7 Å². The van der Waals surface area contributed by atoms with Crippen molar-refractivity contribution >= 4 is 44.1 Å². The van der Waals surface area contributed by atoms with Crippen LogP contribution >= 0.6 is 0 Å². The van der Waals surface area contributed by atoms with Crippen LogP contribution in [0.3, 0.4) is 0 Å². The average molecular weight is 518 g/mol. The van der Waals surface area contributed by atoms with Gasteiger partial charge in [0.1, 0.15) is 0 Å². The third kappa shape index (κ3) is 17.2. The maximum atomic E-state index is 10.9. The molecule has 18 nitrogen and oxygen atoms in total. The summed E-state index contributed by atoms with van der Waals surface area (Å²) in [6, 6.07) is 0. The maximum absolute atomic E-state index is 10.9. The molecule has 192 valence electrons. The number of aliphatic carboxylic acids is 2. The number of hydrogen-bond acceptors (Lipinski definition) is 14. The second-order valence-electron chi connectivity index (χ2n) is 4.82. The second-order valence-corrected chi connectivity index (χ2v) is 8.02. The molecular formula is C12H26N2O16S2. The lowest BCUT2D eigenvalue weighted by Gasteiger charge is -2.08. The van der Waals surface area contributed by atoms with Gasteiger partial charge in [-0.15, -0.1) is 0 Å². The number of rotatable bonds is 12. The summed E-state index contributed by atoms with van der Waals surface area (Å²) in [5, 5.41) is 12.2. The lowest BCUT2D eigenvalue weighted by molar-refractivity contribution is -0.269. The van der Waals surface area contributed by atoms with E-state index in [2.05, 4.69) is 19.6 Å². The van der Waals surface area contributed by atoms with E-state index >= 15 is 0 Å². The largest absolute Gasteiger partial charge is 0.481 e. The van der Waals surface area contributed by atoms with Crippen LogP contribution in [-0.2, 0) is 59.0 Å². The number of carboxylic acids is 2. The zero-order valence-corrected chi connectivity index (χ0v) is 18.5. The Balaban J connectivity index is -0.000000231. The minimum Gasteiger partial charge on any atom is -0.481 e. The Morgan fingerprint density at radius 2 is 0.938 bits per heavy atom. The minimum atomic E-state index is -4.83. The molecule has 0 spiro atoms. The third-order valence-electron chi connectivity index (χ3n) is 2.48. The van der Waals surface area contributed by atoms with Crippen LogP contribution < -0.4 is 12.3 Å². The third-order valence-corrected chi connectivity index (χ3v) is 4.64. The summed E-state index contributed by atoms with van der Waals surface area (Å²) in [5.74, 6) is -6.07. The van der Waals surface area contributed by atoms with E-state index in [0.29, 0.717) is 0 Å². The Hall–Kier alpha value is -2.46. The fraction of sp³-hybridized carbons (Fsp3) is 0.667. The summed E-state index contributed by atoms with van der Waals surface area (Å²) in [5.41, 5.74) is 0. The summed E-state index contributed by atoms with van der Waals surface area (Å²) in [6.45, 7) is 2.87. The van der Waals surface area contributed by atoms with E-state index in [-0.39, 0.29) is 25.5 Å². The highest BCUT2D eigenvalue weighted by atomic mass is 32.2. The highest BCUT2D eigenvalue weighted by Gasteiger charge is 2.36. The normalized spacial score (nSPS) is 12.4. The Bertz CT molecular complexity index is 741. The molecule has 0 heterocycles. The molecule has 0 aliphatic heterocycles. The number of carboxylic acid groups (broad SMARTS) is 2. The number of carbonyl (C=O) groups excluding carboxylic acids is 2. The molecule has 2 unspecified atom stereocenters. The van der Waals surface area contributed by atoms with E-state index in [4.69, 9.17) is 19.3 Å². The maximum Gasteiger partial charge on any atom is 0.363 e. The minimum absolute atomic E-state index is 0. The summed E-state index contributed by atoms with van der Waals surface area (Å²) in [4.78, 5) is 58.4. The van der Waals surface area contributed by atoms with Crippen molar-refractivity contribution in [2.75, 3.05) is 13.2 Å². The second kappa shape index (κ2) is 17.1. The first-order valence-corrected chi connectivity index (χ1v) is 10.6. The van der Waals surface area contributed by atoms with Crippen molar-refractivity contribution in [1.29, 1.82) is 0 Å². The molecule has 20 heteroatoms. The molecule has 0 amide bonds. The summed E-state index contributed by atoms with van der Waals surface area (Å²) >= 11 is 0. The molecule has 0 rings (SSSR count). The van der Waals surface area contributed by atoms with Gasteiger partial charge in [0.25, 0.3) is 20.2 Å². The first kappa shape index (κ1) is 36.9. The molecule has 0 fully saturated rings. The van der Waals surface area contributed by atoms with Crippen LogP contribution in [0.15, 0.2) is 0 Å². The van der Waals surface area contributed by atoms with Crippen LogP contribution in [0.4, 0.5) is 0 Å². The predicted molar refractivity (Wildman–Crippen MR) is 101 cm³/mol. The monoisotopic (exact) mass is 518 g/mol. The van der Waals surface area contributed by atoms with Gasteiger partial charge in [0, 0.05) is 0 Å². The van der Waals surface area contributed by atoms with Crippen molar-refractivity contribution in [2.45, 2.75) is 37.2 Å². The van der Waals surface area contributed by atoms with Crippen LogP contribution in [0.5, 0.6) is 0 Å². The molecule has 10 N–H and O–H groups in total. The van der Waals surface area contributed by atoms with Gasteiger partial charge in [0.05, 0.1) is 26.1 Å². The van der Waals surface area contributed by atoms with Crippen molar-refractivity contribution < 1.29 is 74.9 Å². The predicted octanol–water partition coefficient (Wildman–Crippen LogP) is -1.25. The smallest absolute Gasteiger partial charge is 0.363 e. The fourth-order valence-electron chi connectivity index (χ4n) is 1.28. The molecule has 0 aliphatic carbocycles. The van der Waals surface area contributed by atoms with Crippen LogP contribution in [0.2, 0.25) is 0 Å². The molecule has 0 aromatic heterocycles. The molecule has 32 heavy (non-hydrogen) atoms. The van der Waals surface area contributed by atoms with Gasteiger partial charge in [-0.05, 0) is 13.8 Å². The number of hydrogen-bond donors (Lipinski definition) is 6. The first-order chi connectivity index (χ1) is 13.6. The molecule has 0 aromatic carbocycles. The average Bonchev–Trinajstić information content (AvgIpc) is 2.58. The van der Waals surface area contributed by atoms with Crippen molar-refractivity contribution in [3.05, 3.63) is 0 Å². The van der Waals surface area contributed by atoms with Crippen molar-refractivity contribution in [3.63, 3.8) is 0 Å². The van der Waals surface area contributed by atoms with Gasteiger partial charge >= 0.3 is 23.9 Å². The van der Waals surface area contributed by atoms with Gasteiger partial charge in [0.15, 0.2) is 10.5 Å². The Labute approximate surface area is 182 Å². The fourth-order valence-corrected chi connectivity index (χ4v) is 2.55. The lowest BCUT2D eigenvalue weighted by Crippen LogP contribution is -2.33. The molecule has 2 atom stereocenters. The van der Waals surface area contributed by atoms with Crippen molar-refractivity contribution in [3.8, 4) is 0 Å². The van der Waals surface area contributed by atoms with E-state index < -0.39 is 67.5 Å². The molecule has 0 saturated carbocycles. The van der Waals surface area contributed by atoms with Crippen LogP contribution in [0, 0.1) is 0 Å². The lowest BCUT2D eigenvalue weighted by atomic mass is 10.3. The van der Waals surface area contributed by atoms with E-state index in [1.807, 2.05) is 0 Å².